The molecule has 1 aliphatic heterocycles. The van der Waals surface area contributed by atoms with Crippen molar-refractivity contribution >= 4 is 52.2 Å². The minimum Gasteiger partial charge on any atom is -0.480 e. The van der Waals surface area contributed by atoms with E-state index in [1.807, 2.05) is 6.92 Å². The van der Waals surface area contributed by atoms with Crippen molar-refractivity contribution in [2.45, 2.75) is 32.2 Å². The normalized spacial score (nSPS) is 16.8. The number of unbranched alkanes of at least 4 members (excludes halogenated alkanes) is 1. The number of carbonyl (C=O) groups excluding carboxylic acids is 2. The van der Waals surface area contributed by atoms with Gasteiger partial charge in [-0.2, -0.15) is 0 Å². The molecule has 1 atom stereocenters. The number of benzene rings is 1. The summed E-state index contributed by atoms with van der Waals surface area (Å²) in [4.78, 5) is 37.2. The van der Waals surface area contributed by atoms with E-state index < -0.39 is 23.9 Å². The molecule has 0 bridgehead atoms. The molecule has 26 heavy (non-hydrogen) atoms. The second-order valence-electron chi connectivity index (χ2n) is 5.66. The van der Waals surface area contributed by atoms with E-state index in [9.17, 15) is 19.5 Å². The van der Waals surface area contributed by atoms with Gasteiger partial charge in [-0.1, -0.05) is 55.9 Å². The highest BCUT2D eigenvalue weighted by atomic mass is 32.2. The third-order valence-corrected chi connectivity index (χ3v) is 5.21. The van der Waals surface area contributed by atoms with E-state index in [0.29, 0.717) is 28.9 Å². The topological polar surface area (TPSA) is 83.9 Å². The molecule has 1 fully saturated rings. The Kier molecular flexibility index (Phi) is 6.93. The Morgan fingerprint density at radius 1 is 1.35 bits per heavy atom. The van der Waals surface area contributed by atoms with Crippen LogP contribution in [0.2, 0.25) is 0 Å². The predicted molar refractivity (Wildman–Crippen MR) is 104 cm³/mol. The van der Waals surface area contributed by atoms with Crippen LogP contribution in [0.4, 0.5) is 0 Å². The van der Waals surface area contributed by atoms with Gasteiger partial charge < -0.3 is 9.84 Å². The van der Waals surface area contributed by atoms with E-state index in [-0.39, 0.29) is 4.32 Å². The zero-order valence-electron chi connectivity index (χ0n) is 14.4. The van der Waals surface area contributed by atoms with Gasteiger partial charge >= 0.3 is 11.9 Å². The Hall–Kier alpha value is -2.19. The molecule has 138 valence electrons. The SMILES string of the molecule is CCCCC(C(=O)O)N1C(=O)/C(=C/c2ccc(C(=O)OC)cc2)SC1=S. The van der Waals surface area contributed by atoms with E-state index in [4.69, 9.17) is 12.2 Å². The number of hydrogen-bond acceptors (Lipinski definition) is 6. The van der Waals surface area contributed by atoms with Crippen LogP contribution >= 0.6 is 24.0 Å². The van der Waals surface area contributed by atoms with Gasteiger partial charge in [-0.3, -0.25) is 9.69 Å². The van der Waals surface area contributed by atoms with Crippen LogP contribution in [0.25, 0.3) is 6.08 Å². The van der Waals surface area contributed by atoms with E-state index in [1.54, 1.807) is 30.3 Å². The number of ether oxygens (including phenoxy) is 1. The van der Waals surface area contributed by atoms with E-state index >= 15 is 0 Å². The molecule has 1 amide bonds. The Morgan fingerprint density at radius 3 is 2.54 bits per heavy atom. The Labute approximate surface area is 161 Å². The highest BCUT2D eigenvalue weighted by Gasteiger charge is 2.40. The van der Waals surface area contributed by atoms with E-state index in [2.05, 4.69) is 4.74 Å². The fourth-order valence-corrected chi connectivity index (χ4v) is 3.85. The maximum Gasteiger partial charge on any atom is 0.337 e. The lowest BCUT2D eigenvalue weighted by Gasteiger charge is -2.22. The molecule has 0 spiro atoms. The zero-order valence-corrected chi connectivity index (χ0v) is 16.1. The summed E-state index contributed by atoms with van der Waals surface area (Å²) in [7, 11) is 1.30. The van der Waals surface area contributed by atoms with Gasteiger partial charge in [0.2, 0.25) is 0 Å². The summed E-state index contributed by atoms with van der Waals surface area (Å²) >= 11 is 6.31. The van der Waals surface area contributed by atoms with Gasteiger partial charge in [0, 0.05) is 0 Å². The van der Waals surface area contributed by atoms with Crippen molar-refractivity contribution in [3.63, 3.8) is 0 Å². The van der Waals surface area contributed by atoms with Crippen molar-refractivity contribution in [2.24, 2.45) is 0 Å². The molecule has 1 heterocycles. The van der Waals surface area contributed by atoms with Gasteiger partial charge in [-0.05, 0) is 30.2 Å². The van der Waals surface area contributed by atoms with Gasteiger partial charge in [-0.25, -0.2) is 9.59 Å². The molecule has 2 rings (SSSR count). The van der Waals surface area contributed by atoms with Crippen molar-refractivity contribution in [2.75, 3.05) is 7.11 Å². The molecule has 6 nitrogen and oxygen atoms in total. The number of aliphatic carboxylic acids is 1. The largest absolute Gasteiger partial charge is 0.480 e. The summed E-state index contributed by atoms with van der Waals surface area (Å²) in [5.41, 5.74) is 1.11. The van der Waals surface area contributed by atoms with E-state index in [1.165, 1.54) is 12.0 Å². The summed E-state index contributed by atoms with van der Waals surface area (Å²) < 4.78 is 4.89. The molecular formula is C18H19NO5S2. The molecule has 0 radical (unpaired) electrons. The van der Waals surface area contributed by atoms with Crippen LogP contribution in [0.5, 0.6) is 0 Å². The van der Waals surface area contributed by atoms with E-state index in [0.717, 1.165) is 18.2 Å². The van der Waals surface area contributed by atoms with Crippen molar-refractivity contribution in [1.29, 1.82) is 0 Å². The second kappa shape index (κ2) is 8.95. The maximum atomic E-state index is 12.7. The minimum absolute atomic E-state index is 0.246. The summed E-state index contributed by atoms with van der Waals surface area (Å²) in [6.07, 6.45) is 3.53. The summed E-state index contributed by atoms with van der Waals surface area (Å²) in [5, 5.41) is 9.45. The second-order valence-corrected chi connectivity index (χ2v) is 7.34. The molecule has 1 N–H and O–H groups in total. The van der Waals surface area contributed by atoms with Gasteiger partial charge in [0.15, 0.2) is 0 Å². The summed E-state index contributed by atoms with van der Waals surface area (Å²) in [5.74, 6) is -1.90. The summed E-state index contributed by atoms with van der Waals surface area (Å²) in [6, 6.07) is 5.62. The minimum atomic E-state index is -1.06. The van der Waals surface area contributed by atoms with Crippen molar-refractivity contribution in [3.8, 4) is 0 Å². The average Bonchev–Trinajstić information content (AvgIpc) is 2.89. The first-order valence-corrected chi connectivity index (χ1v) is 9.29. The quantitative estimate of drug-likeness (QED) is 0.432. The van der Waals surface area contributed by atoms with Crippen LogP contribution < -0.4 is 0 Å². The molecule has 0 aromatic heterocycles. The van der Waals surface area contributed by atoms with Crippen LogP contribution in [0, 0.1) is 0 Å². The first-order valence-electron chi connectivity index (χ1n) is 8.07. The average molecular weight is 393 g/mol. The molecule has 0 saturated carbocycles. The number of thiocarbonyl (C=S) groups is 1. The Bertz CT molecular complexity index is 757. The number of rotatable bonds is 7. The van der Waals surface area contributed by atoms with Gasteiger partial charge in [0.1, 0.15) is 10.4 Å². The van der Waals surface area contributed by atoms with Gasteiger partial charge in [0.05, 0.1) is 17.6 Å². The molecule has 0 aliphatic carbocycles. The molecule has 1 aromatic carbocycles. The lowest BCUT2D eigenvalue weighted by atomic mass is 10.1. The first-order chi connectivity index (χ1) is 12.4. The smallest absolute Gasteiger partial charge is 0.337 e. The highest BCUT2D eigenvalue weighted by molar-refractivity contribution is 8.26. The highest BCUT2D eigenvalue weighted by Crippen LogP contribution is 2.35. The number of thioether (sulfide) groups is 1. The number of carbonyl (C=O) groups is 3. The molecule has 1 aromatic rings. The lowest BCUT2D eigenvalue weighted by Crippen LogP contribution is -2.43. The lowest BCUT2D eigenvalue weighted by molar-refractivity contribution is -0.145. The van der Waals surface area contributed by atoms with Crippen LogP contribution in [0.15, 0.2) is 29.2 Å². The number of hydrogen-bond donors (Lipinski definition) is 1. The first kappa shape index (κ1) is 20.1. The molecule has 1 aliphatic rings. The third kappa shape index (κ3) is 4.50. The van der Waals surface area contributed by atoms with Crippen LogP contribution in [-0.4, -0.2) is 45.3 Å². The van der Waals surface area contributed by atoms with Crippen LogP contribution in [0.3, 0.4) is 0 Å². The Morgan fingerprint density at radius 2 is 2.00 bits per heavy atom. The Balaban J connectivity index is 2.22. The fraction of sp³-hybridized carbons (Fsp3) is 0.333. The maximum absolute atomic E-state index is 12.7. The number of esters is 1. The van der Waals surface area contributed by atoms with Gasteiger partial charge in [-0.15, -0.1) is 0 Å². The molecule has 1 unspecified atom stereocenters. The van der Waals surface area contributed by atoms with Crippen molar-refractivity contribution < 1.29 is 24.2 Å². The number of amides is 1. The van der Waals surface area contributed by atoms with Crippen LogP contribution in [0.1, 0.15) is 42.1 Å². The number of carboxylic acid groups (broad SMARTS) is 1. The van der Waals surface area contributed by atoms with Crippen molar-refractivity contribution in [1.82, 2.24) is 4.90 Å². The molecular weight excluding hydrogens is 374 g/mol. The number of nitrogens with zero attached hydrogens (tertiary/aromatic N) is 1. The predicted octanol–water partition coefficient (Wildman–Crippen LogP) is 3.32. The van der Waals surface area contributed by atoms with Crippen LogP contribution in [-0.2, 0) is 14.3 Å². The zero-order chi connectivity index (χ0) is 19.3. The number of methoxy groups -OCH3 is 1. The van der Waals surface area contributed by atoms with Gasteiger partial charge in [0.25, 0.3) is 5.91 Å². The molecule has 8 heteroatoms. The standard InChI is InChI=1S/C18H19NO5S2/c1-3-4-5-13(16(21)22)19-15(20)14(26-18(19)25)10-11-6-8-12(9-7-11)17(23)24-2/h6-10,13H,3-5H2,1-2H3,(H,21,22)/b14-10-. The van der Waals surface area contributed by atoms with Crippen molar-refractivity contribution in [3.05, 3.63) is 40.3 Å². The monoisotopic (exact) mass is 393 g/mol. The summed E-state index contributed by atoms with van der Waals surface area (Å²) in [6.45, 7) is 1.96. The number of carboxylic acids is 1. The molecule has 1 saturated heterocycles. The third-order valence-electron chi connectivity index (χ3n) is 3.88. The fourth-order valence-electron chi connectivity index (χ4n) is 2.49.